The molecule has 88 valence electrons. The van der Waals surface area contributed by atoms with E-state index >= 15 is 0 Å². The van der Waals surface area contributed by atoms with Gasteiger partial charge in [0.1, 0.15) is 0 Å². The van der Waals surface area contributed by atoms with Crippen LogP contribution in [-0.4, -0.2) is 13.1 Å². The molecule has 0 aromatic heterocycles. The Kier molecular flexibility index (Phi) is 4.15. The van der Waals surface area contributed by atoms with Gasteiger partial charge in [-0.05, 0) is 31.0 Å². The zero-order valence-corrected chi connectivity index (χ0v) is 11.9. The van der Waals surface area contributed by atoms with E-state index in [9.17, 15) is 0 Å². The molecule has 0 saturated heterocycles. The topological polar surface area (TPSA) is 3.24 Å². The normalized spacial score (nSPS) is 17.4. The van der Waals surface area contributed by atoms with Gasteiger partial charge < -0.3 is 4.90 Å². The van der Waals surface area contributed by atoms with Crippen molar-refractivity contribution in [1.82, 2.24) is 0 Å². The van der Waals surface area contributed by atoms with Crippen LogP contribution in [0.25, 0.3) is 0 Å². The van der Waals surface area contributed by atoms with Crippen molar-refractivity contribution in [3.63, 3.8) is 0 Å². The summed E-state index contributed by atoms with van der Waals surface area (Å²) in [6.45, 7) is 0. The lowest BCUT2D eigenvalue weighted by molar-refractivity contribution is 0.427. The third-order valence-corrected chi connectivity index (χ3v) is 4.21. The molecular weight excluding hydrogens is 286 g/mol. The molecule has 3 heteroatoms. The number of hydrogen-bond acceptors (Lipinski definition) is 1. The molecule has 1 nitrogen and oxygen atoms in total. The summed E-state index contributed by atoms with van der Waals surface area (Å²) in [5, 5.41) is 0.836. The van der Waals surface area contributed by atoms with Gasteiger partial charge in [0.25, 0.3) is 0 Å². The average molecular weight is 303 g/mol. The highest BCUT2D eigenvalue weighted by atomic mass is 79.9. The fraction of sp³-hybridized carbons (Fsp3) is 0.538. The van der Waals surface area contributed by atoms with Crippen molar-refractivity contribution in [2.75, 3.05) is 11.9 Å². The fourth-order valence-electron chi connectivity index (χ4n) is 2.43. The molecule has 1 fully saturated rings. The summed E-state index contributed by atoms with van der Waals surface area (Å²) in [4.78, 5) is 2.34. The van der Waals surface area contributed by atoms with Crippen molar-refractivity contribution in [2.45, 2.75) is 38.1 Å². The first-order valence-corrected chi connectivity index (χ1v) is 7.03. The first-order valence-electron chi connectivity index (χ1n) is 5.86. The first kappa shape index (κ1) is 12.3. The van der Waals surface area contributed by atoms with E-state index in [-0.39, 0.29) is 0 Å². The molecule has 1 saturated carbocycles. The second-order valence-electron chi connectivity index (χ2n) is 4.50. The van der Waals surface area contributed by atoms with Crippen molar-refractivity contribution in [2.24, 2.45) is 0 Å². The van der Waals surface area contributed by atoms with Crippen LogP contribution >= 0.6 is 27.5 Å². The van der Waals surface area contributed by atoms with Gasteiger partial charge in [0, 0.05) is 17.6 Å². The van der Waals surface area contributed by atoms with Gasteiger partial charge in [-0.25, -0.2) is 0 Å². The molecule has 0 N–H and O–H groups in total. The largest absolute Gasteiger partial charge is 0.370 e. The third kappa shape index (κ3) is 2.72. The standard InChI is InChI=1S/C13H17BrClN/c1-16(11-5-3-2-4-6-11)13-8-7-10(14)9-12(13)15/h7-9,11H,2-6H2,1H3. The van der Waals surface area contributed by atoms with Crippen LogP contribution in [-0.2, 0) is 0 Å². The van der Waals surface area contributed by atoms with Crippen LogP contribution in [0.1, 0.15) is 32.1 Å². The van der Waals surface area contributed by atoms with Gasteiger partial charge in [-0.3, -0.25) is 0 Å². The minimum atomic E-state index is 0.660. The van der Waals surface area contributed by atoms with E-state index in [1.165, 1.54) is 32.1 Å². The van der Waals surface area contributed by atoms with Crippen molar-refractivity contribution in [1.29, 1.82) is 0 Å². The summed E-state index contributed by atoms with van der Waals surface area (Å²) >= 11 is 9.71. The fourth-order valence-corrected chi connectivity index (χ4v) is 3.24. The molecule has 1 aliphatic rings. The van der Waals surface area contributed by atoms with Gasteiger partial charge in [-0.1, -0.05) is 46.8 Å². The van der Waals surface area contributed by atoms with E-state index in [1.807, 2.05) is 6.07 Å². The molecule has 0 unspecified atom stereocenters. The van der Waals surface area contributed by atoms with E-state index in [2.05, 4.69) is 40.0 Å². The zero-order valence-electron chi connectivity index (χ0n) is 9.55. The molecule has 1 aromatic rings. The van der Waals surface area contributed by atoms with E-state index in [1.54, 1.807) is 0 Å². The highest BCUT2D eigenvalue weighted by molar-refractivity contribution is 9.10. The number of nitrogens with zero attached hydrogens (tertiary/aromatic N) is 1. The minimum Gasteiger partial charge on any atom is -0.370 e. The molecule has 0 amide bonds. The van der Waals surface area contributed by atoms with E-state index in [0.29, 0.717) is 6.04 Å². The van der Waals surface area contributed by atoms with Gasteiger partial charge >= 0.3 is 0 Å². The number of anilines is 1. The highest BCUT2D eigenvalue weighted by Gasteiger charge is 2.19. The number of hydrogen-bond donors (Lipinski definition) is 0. The highest BCUT2D eigenvalue weighted by Crippen LogP contribution is 2.32. The lowest BCUT2D eigenvalue weighted by Crippen LogP contribution is -2.33. The Morgan fingerprint density at radius 1 is 1.25 bits per heavy atom. The smallest absolute Gasteiger partial charge is 0.0650 e. The van der Waals surface area contributed by atoms with Gasteiger partial charge in [-0.15, -0.1) is 0 Å². The van der Waals surface area contributed by atoms with Gasteiger partial charge in [0.2, 0.25) is 0 Å². The lowest BCUT2D eigenvalue weighted by Gasteiger charge is -2.33. The summed E-state index contributed by atoms with van der Waals surface area (Å²) in [6, 6.07) is 6.78. The maximum absolute atomic E-state index is 6.27. The molecule has 0 radical (unpaired) electrons. The quantitative estimate of drug-likeness (QED) is 0.753. The SMILES string of the molecule is CN(c1ccc(Br)cc1Cl)C1CCCCC1. The van der Waals surface area contributed by atoms with Crippen LogP contribution in [0.2, 0.25) is 5.02 Å². The average Bonchev–Trinajstić information content (AvgIpc) is 2.29. The number of halogens is 2. The summed E-state index contributed by atoms with van der Waals surface area (Å²) in [7, 11) is 2.16. The second kappa shape index (κ2) is 5.42. The molecule has 0 heterocycles. The summed E-state index contributed by atoms with van der Waals surface area (Å²) in [6.07, 6.45) is 6.68. The zero-order chi connectivity index (χ0) is 11.5. The van der Waals surface area contributed by atoms with Crippen LogP contribution < -0.4 is 4.90 Å². The maximum atomic E-state index is 6.27. The van der Waals surface area contributed by atoms with Gasteiger partial charge in [-0.2, -0.15) is 0 Å². The molecule has 1 aliphatic carbocycles. The monoisotopic (exact) mass is 301 g/mol. The van der Waals surface area contributed by atoms with Crippen LogP contribution in [0.3, 0.4) is 0 Å². The molecule has 0 aliphatic heterocycles. The molecule has 16 heavy (non-hydrogen) atoms. The molecule has 0 spiro atoms. The van der Waals surface area contributed by atoms with Gasteiger partial charge in [0.05, 0.1) is 10.7 Å². The predicted octanol–water partition coefficient (Wildman–Crippen LogP) is 4.87. The molecule has 1 aromatic carbocycles. The molecule has 2 rings (SSSR count). The van der Waals surface area contributed by atoms with Crippen LogP contribution in [0.15, 0.2) is 22.7 Å². The van der Waals surface area contributed by atoms with E-state index in [4.69, 9.17) is 11.6 Å². The Morgan fingerprint density at radius 3 is 2.56 bits per heavy atom. The maximum Gasteiger partial charge on any atom is 0.0650 e. The molecule has 0 atom stereocenters. The van der Waals surface area contributed by atoms with Crippen molar-refractivity contribution in [3.8, 4) is 0 Å². The van der Waals surface area contributed by atoms with Gasteiger partial charge in [0.15, 0.2) is 0 Å². The van der Waals surface area contributed by atoms with Crippen LogP contribution in [0, 0.1) is 0 Å². The lowest BCUT2D eigenvalue weighted by atomic mass is 9.94. The first-order chi connectivity index (χ1) is 7.68. The van der Waals surface area contributed by atoms with Crippen LogP contribution in [0.4, 0.5) is 5.69 Å². The Bertz CT molecular complexity index is 361. The number of rotatable bonds is 2. The number of benzene rings is 1. The second-order valence-corrected chi connectivity index (χ2v) is 5.82. The Balaban J connectivity index is 2.15. The van der Waals surface area contributed by atoms with Crippen molar-refractivity contribution >= 4 is 33.2 Å². The predicted molar refractivity (Wildman–Crippen MR) is 74.4 cm³/mol. The molecule has 0 bridgehead atoms. The van der Waals surface area contributed by atoms with E-state index in [0.717, 1.165) is 15.2 Å². The Hall–Kier alpha value is -0.210. The summed E-state index contributed by atoms with van der Waals surface area (Å²) in [5.41, 5.74) is 1.15. The minimum absolute atomic E-state index is 0.660. The van der Waals surface area contributed by atoms with Crippen molar-refractivity contribution < 1.29 is 0 Å². The Labute approximate surface area is 111 Å². The van der Waals surface area contributed by atoms with Crippen LogP contribution in [0.5, 0.6) is 0 Å². The van der Waals surface area contributed by atoms with Crippen molar-refractivity contribution in [3.05, 3.63) is 27.7 Å². The van der Waals surface area contributed by atoms with E-state index < -0.39 is 0 Å². The summed E-state index contributed by atoms with van der Waals surface area (Å²) in [5.74, 6) is 0. The molecular formula is C13H17BrClN. The Morgan fingerprint density at radius 2 is 1.94 bits per heavy atom. The summed E-state index contributed by atoms with van der Waals surface area (Å²) < 4.78 is 1.04. The third-order valence-electron chi connectivity index (χ3n) is 3.41.